The Morgan fingerprint density at radius 3 is 2.06 bits per heavy atom. The van der Waals surface area contributed by atoms with Crippen molar-refractivity contribution in [1.29, 1.82) is 0 Å². The number of amides is 1. The number of methoxy groups -OCH3 is 4. The molecule has 0 bridgehead atoms. The van der Waals surface area contributed by atoms with Crippen molar-refractivity contribution in [2.45, 2.75) is 5.54 Å². The molecule has 1 atom stereocenters. The zero-order valence-electron chi connectivity index (χ0n) is 18.2. The number of hydrogen-bond acceptors (Lipinski definition) is 8. The summed E-state index contributed by atoms with van der Waals surface area (Å²) in [5.41, 5.74) is 4.55. The van der Waals surface area contributed by atoms with Crippen LogP contribution in [0.5, 0.6) is 23.0 Å². The van der Waals surface area contributed by atoms with E-state index in [0.29, 0.717) is 22.8 Å². The Morgan fingerprint density at radius 2 is 1.59 bits per heavy atom. The summed E-state index contributed by atoms with van der Waals surface area (Å²) in [7, 11) is 5.81. The topological polar surface area (TPSA) is 150 Å². The van der Waals surface area contributed by atoms with Gasteiger partial charge in [0, 0.05) is 29.5 Å². The molecule has 0 aliphatic rings. The highest BCUT2D eigenvalue weighted by Gasteiger charge is 2.38. The summed E-state index contributed by atoms with van der Waals surface area (Å²) in [5.74, 6) is -0.393. The van der Waals surface area contributed by atoms with Gasteiger partial charge in [0.05, 0.1) is 40.6 Å². The van der Waals surface area contributed by atoms with E-state index in [1.807, 2.05) is 0 Å². The van der Waals surface area contributed by atoms with E-state index in [1.165, 1.54) is 58.8 Å². The standard InChI is InChI=1S/C22H26N2O8/c1-29-14-10-18(31-3)15(19(11-14)32-4)6-8-20(26)24-13-5-7-17(30-2)16(9-13)22(23,12-25)21(27)28/h5-11,25H,12,23H2,1-4H3,(H,24,26)(H,27,28)/b8-6+/t22-/m1/s1. The first-order chi connectivity index (χ1) is 15.2. The number of anilines is 1. The van der Waals surface area contributed by atoms with Crippen LogP contribution in [-0.4, -0.2) is 57.1 Å². The van der Waals surface area contributed by atoms with Crippen molar-refractivity contribution in [1.82, 2.24) is 0 Å². The molecule has 2 aromatic rings. The number of carbonyl (C=O) groups is 2. The molecular weight excluding hydrogens is 420 g/mol. The molecule has 0 radical (unpaired) electrons. The third-order valence-electron chi connectivity index (χ3n) is 4.73. The van der Waals surface area contributed by atoms with E-state index < -0.39 is 24.0 Å². The normalized spacial score (nSPS) is 12.7. The second-order valence-electron chi connectivity index (χ2n) is 6.62. The van der Waals surface area contributed by atoms with Gasteiger partial charge in [-0.3, -0.25) is 4.79 Å². The minimum absolute atomic E-state index is 0.00951. The number of carbonyl (C=O) groups excluding carboxylic acids is 1. The van der Waals surface area contributed by atoms with Crippen molar-refractivity contribution < 1.29 is 38.7 Å². The Morgan fingerprint density at radius 1 is 1.00 bits per heavy atom. The third kappa shape index (κ3) is 5.10. The Hall–Kier alpha value is -3.76. The van der Waals surface area contributed by atoms with Crippen LogP contribution in [0.15, 0.2) is 36.4 Å². The molecule has 1 amide bonds. The fourth-order valence-corrected chi connectivity index (χ4v) is 2.94. The summed E-state index contributed by atoms with van der Waals surface area (Å²) in [4.78, 5) is 24.1. The zero-order chi connectivity index (χ0) is 23.9. The Labute approximate surface area is 185 Å². The molecule has 5 N–H and O–H groups in total. The summed E-state index contributed by atoms with van der Waals surface area (Å²) in [5, 5.41) is 21.6. The van der Waals surface area contributed by atoms with Crippen LogP contribution in [0.2, 0.25) is 0 Å². The van der Waals surface area contributed by atoms with E-state index in [-0.39, 0.29) is 17.0 Å². The van der Waals surface area contributed by atoms with E-state index in [1.54, 1.807) is 12.1 Å². The van der Waals surface area contributed by atoms with Gasteiger partial charge in [0.25, 0.3) is 0 Å². The van der Waals surface area contributed by atoms with E-state index >= 15 is 0 Å². The number of hydrogen-bond donors (Lipinski definition) is 4. The lowest BCUT2D eigenvalue weighted by Gasteiger charge is -2.25. The minimum Gasteiger partial charge on any atom is -0.496 e. The Balaban J connectivity index is 2.34. The highest BCUT2D eigenvalue weighted by Crippen LogP contribution is 2.35. The fraction of sp³-hybridized carbons (Fsp3) is 0.273. The molecule has 2 aromatic carbocycles. The average molecular weight is 446 g/mol. The van der Waals surface area contributed by atoms with Crippen molar-refractivity contribution in [3.63, 3.8) is 0 Å². The molecule has 10 nitrogen and oxygen atoms in total. The Kier molecular flexibility index (Phi) is 8.05. The first kappa shape index (κ1) is 24.5. The summed E-state index contributed by atoms with van der Waals surface area (Å²) >= 11 is 0. The number of carboxylic acid groups (broad SMARTS) is 1. The van der Waals surface area contributed by atoms with Crippen LogP contribution >= 0.6 is 0 Å². The number of ether oxygens (including phenoxy) is 4. The average Bonchev–Trinajstić information content (AvgIpc) is 2.81. The van der Waals surface area contributed by atoms with Crippen molar-refractivity contribution in [3.8, 4) is 23.0 Å². The van der Waals surface area contributed by atoms with Gasteiger partial charge in [0.2, 0.25) is 5.91 Å². The molecule has 32 heavy (non-hydrogen) atoms. The fourth-order valence-electron chi connectivity index (χ4n) is 2.94. The monoisotopic (exact) mass is 446 g/mol. The van der Waals surface area contributed by atoms with Gasteiger partial charge < -0.3 is 40.2 Å². The number of aliphatic hydroxyl groups excluding tert-OH is 1. The summed E-state index contributed by atoms with van der Waals surface area (Å²) in [6, 6.07) is 7.60. The van der Waals surface area contributed by atoms with Crippen LogP contribution in [-0.2, 0) is 15.1 Å². The number of nitrogens with one attached hydrogen (secondary N) is 1. The molecule has 0 heterocycles. The maximum atomic E-state index is 12.5. The zero-order valence-corrected chi connectivity index (χ0v) is 18.2. The van der Waals surface area contributed by atoms with Crippen molar-refractivity contribution >= 4 is 23.6 Å². The smallest absolute Gasteiger partial charge is 0.330 e. The molecule has 10 heteroatoms. The lowest BCUT2D eigenvalue weighted by molar-refractivity contribution is -0.145. The lowest BCUT2D eigenvalue weighted by atomic mass is 9.90. The molecule has 0 aliphatic heterocycles. The third-order valence-corrected chi connectivity index (χ3v) is 4.73. The van der Waals surface area contributed by atoms with Crippen LogP contribution < -0.4 is 30.0 Å². The SMILES string of the molecule is COc1cc(OC)c(/C=C/C(=O)Nc2ccc(OC)c([C@](N)(CO)C(=O)O)c2)c(OC)c1. The molecule has 0 fully saturated rings. The van der Waals surface area contributed by atoms with Gasteiger partial charge in [0.1, 0.15) is 23.0 Å². The number of aliphatic carboxylic acids is 1. The van der Waals surface area contributed by atoms with Crippen LogP contribution in [0.3, 0.4) is 0 Å². The van der Waals surface area contributed by atoms with E-state index in [2.05, 4.69) is 5.32 Å². The van der Waals surface area contributed by atoms with Gasteiger partial charge in [0.15, 0.2) is 5.54 Å². The van der Waals surface area contributed by atoms with Gasteiger partial charge in [-0.25, -0.2) is 4.79 Å². The van der Waals surface area contributed by atoms with E-state index in [0.717, 1.165) is 0 Å². The molecule has 172 valence electrons. The van der Waals surface area contributed by atoms with Gasteiger partial charge >= 0.3 is 5.97 Å². The summed E-state index contributed by atoms with van der Waals surface area (Å²) in [6.07, 6.45) is 2.77. The van der Waals surface area contributed by atoms with Gasteiger partial charge in [-0.05, 0) is 24.3 Å². The van der Waals surface area contributed by atoms with Gasteiger partial charge in [-0.2, -0.15) is 0 Å². The summed E-state index contributed by atoms with van der Waals surface area (Å²) in [6.45, 7) is -0.868. The molecule has 0 aromatic heterocycles. The first-order valence-electron chi connectivity index (χ1n) is 9.34. The van der Waals surface area contributed by atoms with Gasteiger partial charge in [-0.1, -0.05) is 0 Å². The van der Waals surface area contributed by atoms with E-state index in [4.69, 9.17) is 24.7 Å². The van der Waals surface area contributed by atoms with Crippen molar-refractivity contribution in [2.24, 2.45) is 5.73 Å². The Bertz CT molecular complexity index is 996. The molecule has 0 aliphatic carbocycles. The lowest BCUT2D eigenvalue weighted by Crippen LogP contribution is -2.48. The largest absolute Gasteiger partial charge is 0.496 e. The number of benzene rings is 2. The van der Waals surface area contributed by atoms with Crippen LogP contribution in [0.4, 0.5) is 5.69 Å². The van der Waals surface area contributed by atoms with Crippen LogP contribution in [0.25, 0.3) is 6.08 Å². The molecule has 0 unspecified atom stereocenters. The number of nitrogens with two attached hydrogens (primary N) is 1. The molecule has 0 saturated carbocycles. The van der Waals surface area contributed by atoms with Crippen LogP contribution in [0.1, 0.15) is 11.1 Å². The van der Waals surface area contributed by atoms with Crippen molar-refractivity contribution in [2.75, 3.05) is 40.4 Å². The number of aliphatic hydroxyl groups is 1. The minimum atomic E-state index is -2.11. The molecule has 2 rings (SSSR count). The first-order valence-corrected chi connectivity index (χ1v) is 9.34. The number of carboxylic acids is 1. The maximum Gasteiger partial charge on any atom is 0.330 e. The molecular formula is C22H26N2O8. The second kappa shape index (κ2) is 10.5. The maximum absolute atomic E-state index is 12.5. The highest BCUT2D eigenvalue weighted by molar-refractivity contribution is 6.02. The van der Waals surface area contributed by atoms with Gasteiger partial charge in [-0.15, -0.1) is 0 Å². The molecule has 0 saturated heterocycles. The predicted molar refractivity (Wildman–Crippen MR) is 117 cm³/mol. The highest BCUT2D eigenvalue weighted by atomic mass is 16.5. The van der Waals surface area contributed by atoms with E-state index in [9.17, 15) is 19.8 Å². The second-order valence-corrected chi connectivity index (χ2v) is 6.62. The number of rotatable bonds is 10. The summed E-state index contributed by atoms with van der Waals surface area (Å²) < 4.78 is 21.0. The van der Waals surface area contributed by atoms with Crippen LogP contribution in [0, 0.1) is 0 Å². The predicted octanol–water partition coefficient (Wildman–Crippen LogP) is 1.60. The quantitative estimate of drug-likeness (QED) is 0.399. The molecule has 0 spiro atoms. The van der Waals surface area contributed by atoms with Crippen molar-refractivity contribution in [3.05, 3.63) is 47.5 Å².